The van der Waals surface area contributed by atoms with E-state index in [0.29, 0.717) is 17.5 Å². The van der Waals surface area contributed by atoms with Crippen LogP contribution in [0.1, 0.15) is 39.5 Å². The molecule has 2 N–H and O–H groups in total. The molecular weight excluding hydrogens is 232 g/mol. The molecule has 4 heteroatoms. The largest absolute Gasteiger partial charge is 0.392 e. The molecule has 2 aliphatic rings. The maximum absolute atomic E-state index is 12.5. The first-order valence-corrected chi connectivity index (χ1v) is 6.98. The molecule has 3 atom stereocenters. The zero-order chi connectivity index (χ0) is 12.6. The van der Waals surface area contributed by atoms with Gasteiger partial charge in [-0.3, -0.25) is 4.79 Å². The molecule has 3 nitrogen and oxygen atoms in total. The molecule has 0 saturated heterocycles. The molecule has 96 valence electrons. The SMILES string of the molecule is CC(C)N(CC(N)=S)C(=O)C1CC2CCC1C2. The van der Waals surface area contributed by atoms with Crippen molar-refractivity contribution in [3.63, 3.8) is 0 Å². The van der Waals surface area contributed by atoms with Gasteiger partial charge in [-0.2, -0.15) is 0 Å². The number of fused-ring (bicyclic) bond motifs is 2. The summed E-state index contributed by atoms with van der Waals surface area (Å²) in [5, 5.41) is 0. The number of carbonyl (C=O) groups excluding carboxylic acids is 1. The van der Waals surface area contributed by atoms with Crippen molar-refractivity contribution in [2.24, 2.45) is 23.5 Å². The second-order valence-electron chi connectivity index (χ2n) is 5.81. The average molecular weight is 254 g/mol. The lowest BCUT2D eigenvalue weighted by Crippen LogP contribution is -2.46. The molecule has 0 heterocycles. The van der Waals surface area contributed by atoms with Crippen LogP contribution in [-0.2, 0) is 4.79 Å². The lowest BCUT2D eigenvalue weighted by Gasteiger charge is -2.32. The van der Waals surface area contributed by atoms with Crippen molar-refractivity contribution in [2.45, 2.75) is 45.6 Å². The highest BCUT2D eigenvalue weighted by molar-refractivity contribution is 7.80. The highest BCUT2D eigenvalue weighted by Crippen LogP contribution is 2.48. The van der Waals surface area contributed by atoms with E-state index in [0.717, 1.165) is 12.3 Å². The average Bonchev–Trinajstić information content (AvgIpc) is 2.85. The Hall–Kier alpha value is -0.640. The summed E-state index contributed by atoms with van der Waals surface area (Å²) < 4.78 is 0. The number of hydrogen-bond donors (Lipinski definition) is 1. The molecule has 2 rings (SSSR count). The minimum atomic E-state index is 0.183. The minimum absolute atomic E-state index is 0.183. The summed E-state index contributed by atoms with van der Waals surface area (Å²) in [6.45, 7) is 4.49. The van der Waals surface area contributed by atoms with Crippen LogP contribution in [-0.4, -0.2) is 28.4 Å². The summed E-state index contributed by atoms with van der Waals surface area (Å²) in [7, 11) is 0. The van der Waals surface area contributed by atoms with Gasteiger partial charge in [0.2, 0.25) is 5.91 Å². The molecule has 0 aliphatic heterocycles. The van der Waals surface area contributed by atoms with E-state index in [-0.39, 0.29) is 17.9 Å². The van der Waals surface area contributed by atoms with Gasteiger partial charge >= 0.3 is 0 Å². The molecule has 0 aromatic carbocycles. The maximum Gasteiger partial charge on any atom is 0.226 e. The third-order valence-corrected chi connectivity index (χ3v) is 4.42. The second kappa shape index (κ2) is 4.92. The standard InChI is InChI=1S/C13H22N2OS/c1-8(2)15(7-12(14)17)13(16)11-6-9-3-4-10(11)5-9/h8-11H,3-7H2,1-2H3,(H2,14,17). The highest BCUT2D eigenvalue weighted by atomic mass is 32.1. The molecule has 2 aliphatic carbocycles. The van der Waals surface area contributed by atoms with E-state index in [1.165, 1.54) is 19.3 Å². The van der Waals surface area contributed by atoms with Crippen LogP contribution in [0.25, 0.3) is 0 Å². The Balaban J connectivity index is 2.03. The maximum atomic E-state index is 12.5. The summed E-state index contributed by atoms with van der Waals surface area (Å²) in [6.07, 6.45) is 4.91. The molecule has 0 aromatic heterocycles. The van der Waals surface area contributed by atoms with Crippen LogP contribution in [0.4, 0.5) is 0 Å². The zero-order valence-corrected chi connectivity index (χ0v) is 11.5. The Bertz CT molecular complexity index is 329. The molecule has 3 unspecified atom stereocenters. The highest BCUT2D eigenvalue weighted by Gasteiger charge is 2.44. The van der Waals surface area contributed by atoms with E-state index in [4.69, 9.17) is 18.0 Å². The zero-order valence-electron chi connectivity index (χ0n) is 10.7. The Morgan fingerprint density at radius 3 is 2.53 bits per heavy atom. The van der Waals surface area contributed by atoms with Crippen molar-refractivity contribution in [3.05, 3.63) is 0 Å². The van der Waals surface area contributed by atoms with E-state index < -0.39 is 0 Å². The van der Waals surface area contributed by atoms with Crippen LogP contribution >= 0.6 is 12.2 Å². The molecule has 17 heavy (non-hydrogen) atoms. The van der Waals surface area contributed by atoms with Crippen LogP contribution in [0.3, 0.4) is 0 Å². The van der Waals surface area contributed by atoms with Crippen LogP contribution in [0, 0.1) is 17.8 Å². The molecule has 0 radical (unpaired) electrons. The van der Waals surface area contributed by atoms with E-state index >= 15 is 0 Å². The van der Waals surface area contributed by atoms with Crippen molar-refractivity contribution >= 4 is 23.1 Å². The minimum Gasteiger partial charge on any atom is -0.392 e. The van der Waals surface area contributed by atoms with E-state index in [2.05, 4.69) is 0 Å². The summed E-state index contributed by atoms with van der Waals surface area (Å²) in [4.78, 5) is 14.8. The number of amides is 1. The van der Waals surface area contributed by atoms with Crippen molar-refractivity contribution in [2.75, 3.05) is 6.54 Å². The van der Waals surface area contributed by atoms with Crippen molar-refractivity contribution < 1.29 is 4.79 Å². The number of rotatable bonds is 4. The molecule has 2 bridgehead atoms. The summed E-state index contributed by atoms with van der Waals surface area (Å²) in [5.74, 6) is 1.94. The second-order valence-corrected chi connectivity index (χ2v) is 6.33. The summed E-state index contributed by atoms with van der Waals surface area (Å²) in [5.41, 5.74) is 5.58. The fourth-order valence-electron chi connectivity index (χ4n) is 3.44. The smallest absolute Gasteiger partial charge is 0.226 e. The van der Waals surface area contributed by atoms with Crippen LogP contribution < -0.4 is 5.73 Å². The Kier molecular flexibility index (Phi) is 3.71. The van der Waals surface area contributed by atoms with Crippen molar-refractivity contribution in [1.29, 1.82) is 0 Å². The number of hydrogen-bond acceptors (Lipinski definition) is 2. The van der Waals surface area contributed by atoms with Gasteiger partial charge in [0, 0.05) is 12.0 Å². The van der Waals surface area contributed by atoms with E-state index in [9.17, 15) is 4.79 Å². The van der Waals surface area contributed by atoms with Gasteiger partial charge in [0.15, 0.2) is 0 Å². The molecular formula is C13H22N2OS. The summed E-state index contributed by atoms with van der Waals surface area (Å²) >= 11 is 4.94. The first-order valence-electron chi connectivity index (χ1n) is 6.57. The lowest BCUT2D eigenvalue weighted by molar-refractivity contribution is -0.138. The van der Waals surface area contributed by atoms with Crippen molar-refractivity contribution in [1.82, 2.24) is 4.90 Å². The van der Waals surface area contributed by atoms with Gasteiger partial charge in [-0.15, -0.1) is 0 Å². The van der Waals surface area contributed by atoms with Gasteiger partial charge in [0.25, 0.3) is 0 Å². The Labute approximate surface area is 109 Å². The van der Waals surface area contributed by atoms with Gasteiger partial charge in [-0.1, -0.05) is 18.6 Å². The first kappa shape index (κ1) is 12.8. The summed E-state index contributed by atoms with van der Waals surface area (Å²) in [6, 6.07) is 0.183. The quantitative estimate of drug-likeness (QED) is 0.780. The molecule has 2 fully saturated rings. The number of carbonyl (C=O) groups is 1. The van der Waals surface area contributed by atoms with Crippen molar-refractivity contribution in [3.8, 4) is 0 Å². The van der Waals surface area contributed by atoms with Gasteiger partial charge in [0.1, 0.15) is 0 Å². The first-order chi connectivity index (χ1) is 7.99. The number of nitrogens with two attached hydrogens (primary N) is 1. The van der Waals surface area contributed by atoms with Gasteiger partial charge in [0.05, 0.1) is 11.5 Å². The number of nitrogens with zero attached hydrogens (tertiary/aromatic N) is 1. The fourth-order valence-corrected chi connectivity index (χ4v) is 3.58. The lowest BCUT2D eigenvalue weighted by atomic mass is 9.87. The molecule has 0 spiro atoms. The molecule has 1 amide bonds. The Morgan fingerprint density at radius 2 is 2.12 bits per heavy atom. The van der Waals surface area contributed by atoms with E-state index in [1.807, 2.05) is 18.7 Å². The normalized spacial score (nSPS) is 30.9. The topological polar surface area (TPSA) is 46.3 Å². The third-order valence-electron chi connectivity index (χ3n) is 4.29. The van der Waals surface area contributed by atoms with Gasteiger partial charge in [-0.05, 0) is 44.9 Å². The molecule has 0 aromatic rings. The molecule has 2 saturated carbocycles. The predicted octanol–water partition coefficient (Wildman–Crippen LogP) is 1.95. The number of thiocarbonyl (C=S) groups is 1. The Morgan fingerprint density at radius 1 is 1.41 bits per heavy atom. The predicted molar refractivity (Wildman–Crippen MR) is 72.6 cm³/mol. The fraction of sp³-hybridized carbons (Fsp3) is 0.846. The van der Waals surface area contributed by atoms with Crippen LogP contribution in [0.5, 0.6) is 0 Å². The monoisotopic (exact) mass is 254 g/mol. The van der Waals surface area contributed by atoms with Crippen LogP contribution in [0.15, 0.2) is 0 Å². The van der Waals surface area contributed by atoms with Crippen LogP contribution in [0.2, 0.25) is 0 Å². The van der Waals surface area contributed by atoms with E-state index in [1.54, 1.807) is 0 Å². The van der Waals surface area contributed by atoms with Gasteiger partial charge < -0.3 is 10.6 Å². The van der Waals surface area contributed by atoms with Gasteiger partial charge in [-0.25, -0.2) is 0 Å². The third kappa shape index (κ3) is 2.62.